The highest BCUT2D eigenvalue weighted by atomic mass is 14.7. The van der Waals surface area contributed by atoms with Crippen molar-refractivity contribution in [2.45, 2.75) is 24.7 Å². The fraction of sp³-hybridized carbons (Fsp3) is 0.154. The van der Waals surface area contributed by atoms with Crippen molar-refractivity contribution >= 4 is 0 Å². The molecule has 1 fully saturated rings. The Balaban J connectivity index is 1.45. The van der Waals surface area contributed by atoms with Gasteiger partial charge in [-0.15, -0.1) is 0 Å². The molecule has 2 aromatic carbocycles. The van der Waals surface area contributed by atoms with Crippen LogP contribution in [-0.2, 0) is 5.41 Å². The van der Waals surface area contributed by atoms with Crippen LogP contribution in [0.4, 0.5) is 0 Å². The average molecular weight is 362 g/mol. The Morgan fingerprint density at radius 1 is 0.714 bits per heavy atom. The maximum Gasteiger partial charge on any atom is 0.0702 e. The zero-order valence-corrected chi connectivity index (χ0v) is 15.9. The minimum Gasteiger partial charge on any atom is -0.256 e. The molecule has 2 heteroatoms. The number of pyridine rings is 2. The molecule has 1 saturated carbocycles. The van der Waals surface area contributed by atoms with Crippen molar-refractivity contribution in [1.82, 2.24) is 9.97 Å². The minimum absolute atomic E-state index is 0.174. The summed E-state index contributed by atoms with van der Waals surface area (Å²) in [5.41, 5.74) is 7.40. The van der Waals surface area contributed by atoms with Crippen LogP contribution in [0.3, 0.4) is 0 Å². The van der Waals surface area contributed by atoms with Crippen molar-refractivity contribution in [3.8, 4) is 22.5 Å². The van der Waals surface area contributed by atoms with E-state index in [0.29, 0.717) is 5.92 Å². The summed E-state index contributed by atoms with van der Waals surface area (Å²) in [6.45, 7) is 2.38. The second-order valence-electron chi connectivity index (χ2n) is 7.81. The Bertz CT molecular complexity index is 1110. The first-order valence-electron chi connectivity index (χ1n) is 9.77. The molecule has 0 N–H and O–H groups in total. The topological polar surface area (TPSA) is 25.8 Å². The molecule has 2 aromatic heterocycles. The zero-order valence-electron chi connectivity index (χ0n) is 15.9. The third kappa shape index (κ3) is 3.01. The first kappa shape index (κ1) is 16.9. The summed E-state index contributed by atoms with van der Waals surface area (Å²) in [5.74, 6) is 0.537. The number of hydrogen-bond acceptors (Lipinski definition) is 2. The average Bonchev–Trinajstić information content (AvgIpc) is 3.48. The quantitative estimate of drug-likeness (QED) is 0.428. The van der Waals surface area contributed by atoms with Gasteiger partial charge in [0.15, 0.2) is 0 Å². The van der Waals surface area contributed by atoms with Crippen LogP contribution in [0.5, 0.6) is 0 Å². The van der Waals surface area contributed by atoms with Gasteiger partial charge in [0.1, 0.15) is 0 Å². The molecule has 2 nitrogen and oxygen atoms in total. The van der Waals surface area contributed by atoms with Crippen molar-refractivity contribution in [2.24, 2.45) is 0 Å². The van der Waals surface area contributed by atoms with Gasteiger partial charge in [-0.1, -0.05) is 55.5 Å². The number of rotatable bonds is 4. The van der Waals surface area contributed by atoms with Crippen LogP contribution in [0.1, 0.15) is 30.4 Å². The fourth-order valence-electron chi connectivity index (χ4n) is 4.19. The number of aromatic nitrogens is 2. The molecule has 0 amide bonds. The highest BCUT2D eigenvalue weighted by molar-refractivity contribution is 5.63. The Morgan fingerprint density at radius 2 is 1.36 bits per heavy atom. The van der Waals surface area contributed by atoms with E-state index in [2.05, 4.69) is 77.6 Å². The molecule has 1 aliphatic rings. The second kappa shape index (κ2) is 6.72. The highest BCUT2D eigenvalue weighted by Crippen LogP contribution is 2.60. The van der Waals surface area contributed by atoms with Crippen LogP contribution in [0.15, 0.2) is 97.3 Å². The normalized spacial score (nSPS) is 20.7. The first-order chi connectivity index (χ1) is 13.7. The van der Waals surface area contributed by atoms with E-state index in [0.717, 1.165) is 11.4 Å². The maximum absolute atomic E-state index is 4.51. The Morgan fingerprint density at radius 3 is 2.00 bits per heavy atom. The van der Waals surface area contributed by atoms with Crippen LogP contribution in [0.2, 0.25) is 0 Å². The number of nitrogens with zero attached hydrogens (tertiary/aromatic N) is 2. The Labute approximate surface area is 165 Å². The van der Waals surface area contributed by atoms with E-state index in [4.69, 9.17) is 0 Å². The molecular weight excluding hydrogens is 340 g/mol. The van der Waals surface area contributed by atoms with Gasteiger partial charge in [-0.3, -0.25) is 9.97 Å². The lowest BCUT2D eigenvalue weighted by atomic mass is 9.90. The summed E-state index contributed by atoms with van der Waals surface area (Å²) in [4.78, 5) is 9.01. The van der Waals surface area contributed by atoms with Gasteiger partial charge >= 0.3 is 0 Å². The standard InChI is InChI=1S/C26H22N2/c1-26(22-11-7-10-21(17-22)25-13-3-5-15-28-25)18-23(26)19-8-6-9-20(16-19)24-12-2-4-14-27-24/h2-17,23H,18H2,1H3. The molecule has 5 rings (SSSR count). The minimum atomic E-state index is 0.174. The second-order valence-corrected chi connectivity index (χ2v) is 7.81. The third-order valence-electron chi connectivity index (χ3n) is 5.97. The highest BCUT2D eigenvalue weighted by Gasteiger charge is 2.51. The largest absolute Gasteiger partial charge is 0.256 e. The van der Waals surface area contributed by atoms with E-state index < -0.39 is 0 Å². The van der Waals surface area contributed by atoms with E-state index in [1.807, 2.05) is 36.7 Å². The molecule has 0 aliphatic heterocycles. The molecule has 28 heavy (non-hydrogen) atoms. The predicted molar refractivity (Wildman–Crippen MR) is 114 cm³/mol. The lowest BCUT2D eigenvalue weighted by Crippen LogP contribution is -2.04. The van der Waals surface area contributed by atoms with E-state index in [-0.39, 0.29) is 5.41 Å². The van der Waals surface area contributed by atoms with Crippen molar-refractivity contribution in [3.63, 3.8) is 0 Å². The van der Waals surface area contributed by atoms with Crippen molar-refractivity contribution < 1.29 is 0 Å². The maximum atomic E-state index is 4.51. The van der Waals surface area contributed by atoms with Crippen LogP contribution in [-0.4, -0.2) is 9.97 Å². The summed E-state index contributed by atoms with van der Waals surface area (Å²) in [5, 5.41) is 0. The number of benzene rings is 2. The summed E-state index contributed by atoms with van der Waals surface area (Å²) in [7, 11) is 0. The van der Waals surface area contributed by atoms with E-state index in [1.165, 1.54) is 28.7 Å². The van der Waals surface area contributed by atoms with Gasteiger partial charge < -0.3 is 0 Å². The Hall–Kier alpha value is -3.26. The fourth-order valence-corrected chi connectivity index (χ4v) is 4.19. The monoisotopic (exact) mass is 362 g/mol. The van der Waals surface area contributed by atoms with Crippen LogP contribution < -0.4 is 0 Å². The smallest absolute Gasteiger partial charge is 0.0702 e. The summed E-state index contributed by atoms with van der Waals surface area (Å²) in [6.07, 6.45) is 4.88. The third-order valence-corrected chi connectivity index (χ3v) is 5.97. The van der Waals surface area contributed by atoms with E-state index >= 15 is 0 Å². The van der Waals surface area contributed by atoms with Gasteiger partial charge in [-0.2, -0.15) is 0 Å². The molecule has 1 aliphatic carbocycles. The summed E-state index contributed by atoms with van der Waals surface area (Å²) >= 11 is 0. The van der Waals surface area contributed by atoms with Gasteiger partial charge in [0.25, 0.3) is 0 Å². The van der Waals surface area contributed by atoms with Crippen molar-refractivity contribution in [2.75, 3.05) is 0 Å². The van der Waals surface area contributed by atoms with E-state index in [9.17, 15) is 0 Å². The summed E-state index contributed by atoms with van der Waals surface area (Å²) in [6, 6.07) is 29.9. The lowest BCUT2D eigenvalue weighted by molar-refractivity contribution is 0.749. The Kier molecular flexibility index (Phi) is 4.05. The molecule has 2 unspecified atom stereocenters. The van der Waals surface area contributed by atoms with Gasteiger partial charge in [0, 0.05) is 28.9 Å². The van der Waals surface area contributed by atoms with Crippen molar-refractivity contribution in [1.29, 1.82) is 0 Å². The SMILES string of the molecule is CC1(c2cccc(-c3ccccn3)c2)CC1c1cccc(-c2ccccn2)c1. The predicted octanol–water partition coefficient (Wildman–Crippen LogP) is 6.26. The molecule has 0 saturated heterocycles. The molecule has 136 valence electrons. The van der Waals surface area contributed by atoms with Crippen LogP contribution in [0.25, 0.3) is 22.5 Å². The lowest BCUT2D eigenvalue weighted by Gasteiger charge is -2.14. The molecule has 0 spiro atoms. The molecule has 4 aromatic rings. The van der Waals surface area contributed by atoms with Gasteiger partial charge in [-0.25, -0.2) is 0 Å². The first-order valence-corrected chi connectivity index (χ1v) is 9.77. The van der Waals surface area contributed by atoms with Crippen LogP contribution in [0, 0.1) is 0 Å². The molecular formula is C26H22N2. The molecule has 0 bridgehead atoms. The van der Waals surface area contributed by atoms with Gasteiger partial charge in [-0.05, 0) is 59.9 Å². The molecule has 2 atom stereocenters. The van der Waals surface area contributed by atoms with Crippen molar-refractivity contribution in [3.05, 3.63) is 108 Å². The summed E-state index contributed by atoms with van der Waals surface area (Å²) < 4.78 is 0. The van der Waals surface area contributed by atoms with Gasteiger partial charge in [0.2, 0.25) is 0 Å². The zero-order chi connectivity index (χ0) is 19.0. The van der Waals surface area contributed by atoms with Gasteiger partial charge in [0.05, 0.1) is 11.4 Å². The van der Waals surface area contributed by atoms with E-state index in [1.54, 1.807) is 0 Å². The molecule has 2 heterocycles. The van der Waals surface area contributed by atoms with Crippen LogP contribution >= 0.6 is 0 Å². The number of hydrogen-bond donors (Lipinski definition) is 0. The molecule has 0 radical (unpaired) electrons.